The maximum atomic E-state index is 14.7. The van der Waals surface area contributed by atoms with Crippen LogP contribution in [-0.2, 0) is 23.0 Å². The third-order valence-electron chi connectivity index (χ3n) is 5.70. The van der Waals surface area contributed by atoms with Crippen molar-refractivity contribution in [3.05, 3.63) is 57.6 Å². The summed E-state index contributed by atoms with van der Waals surface area (Å²) >= 11 is 1.26. The molecule has 10 heteroatoms. The second kappa shape index (κ2) is 11.3. The normalized spacial score (nSPS) is 14.5. The standard InChI is InChI=1S/C20H14FN3O3S.C5H11NO/c1-24-15-6-11(3-5-16(15)27-20(24)26)12-2-4-14-17(7-12)28-18(19(14)21)8-13(9-22)23-10-25;1-2-6-3-5-7-4-1/h2-7,10,13H,8H2,1H3,(H,23,25);6H,1-5H2. The van der Waals surface area contributed by atoms with Crippen LogP contribution in [0.1, 0.15) is 11.3 Å². The number of ether oxygens (including phenoxy) is 1. The van der Waals surface area contributed by atoms with Crippen molar-refractivity contribution in [3.63, 3.8) is 0 Å². The van der Waals surface area contributed by atoms with Crippen molar-refractivity contribution in [2.45, 2.75) is 18.9 Å². The first-order valence-electron chi connectivity index (χ1n) is 11.2. The Bertz CT molecular complexity index is 1420. The number of hydrogen-bond acceptors (Lipinski definition) is 7. The number of carbonyl (C=O) groups is 1. The van der Waals surface area contributed by atoms with Crippen LogP contribution in [0.3, 0.4) is 0 Å². The molecule has 182 valence electrons. The summed E-state index contributed by atoms with van der Waals surface area (Å²) in [5, 5.41) is 15.1. The Balaban J connectivity index is 0.000000356. The van der Waals surface area contributed by atoms with Gasteiger partial charge in [0.2, 0.25) is 6.41 Å². The summed E-state index contributed by atoms with van der Waals surface area (Å²) in [6, 6.07) is 12.0. The van der Waals surface area contributed by atoms with Crippen molar-refractivity contribution in [1.29, 1.82) is 5.26 Å². The van der Waals surface area contributed by atoms with Gasteiger partial charge in [-0.2, -0.15) is 5.26 Å². The largest absolute Gasteiger partial charge is 0.419 e. The van der Waals surface area contributed by atoms with Gasteiger partial charge in [0.15, 0.2) is 5.58 Å². The van der Waals surface area contributed by atoms with Crippen LogP contribution in [0.5, 0.6) is 0 Å². The van der Waals surface area contributed by atoms with Gasteiger partial charge in [0.05, 0.1) is 18.2 Å². The molecular formula is C25H25FN4O4S. The zero-order valence-electron chi connectivity index (χ0n) is 19.2. The lowest BCUT2D eigenvalue weighted by atomic mass is 10.0. The Labute approximate surface area is 204 Å². The molecule has 2 aromatic heterocycles. The molecule has 2 N–H and O–H groups in total. The van der Waals surface area contributed by atoms with Crippen LogP contribution < -0.4 is 16.4 Å². The maximum absolute atomic E-state index is 14.7. The molecule has 8 nitrogen and oxygen atoms in total. The summed E-state index contributed by atoms with van der Waals surface area (Å²) < 4.78 is 27.2. The van der Waals surface area contributed by atoms with Gasteiger partial charge in [-0.25, -0.2) is 9.18 Å². The molecule has 2 aromatic carbocycles. The third kappa shape index (κ3) is 5.59. The van der Waals surface area contributed by atoms with E-state index >= 15 is 0 Å². The Morgan fingerprint density at radius 1 is 1.26 bits per heavy atom. The predicted octanol–water partition coefficient (Wildman–Crippen LogP) is 3.33. The lowest BCUT2D eigenvalue weighted by molar-refractivity contribution is -0.109. The Morgan fingerprint density at radius 3 is 2.86 bits per heavy atom. The number of aromatic nitrogens is 1. The van der Waals surface area contributed by atoms with Crippen molar-refractivity contribution in [2.75, 3.05) is 26.3 Å². The zero-order chi connectivity index (χ0) is 24.8. The molecule has 0 radical (unpaired) electrons. The number of fused-ring (bicyclic) bond motifs is 2. The predicted molar refractivity (Wildman–Crippen MR) is 133 cm³/mol. The van der Waals surface area contributed by atoms with Gasteiger partial charge >= 0.3 is 5.76 Å². The number of nitrogens with one attached hydrogen (secondary N) is 2. The number of carbonyl (C=O) groups excluding carboxylic acids is 1. The van der Waals surface area contributed by atoms with Crippen molar-refractivity contribution >= 4 is 38.9 Å². The lowest BCUT2D eigenvalue weighted by Crippen LogP contribution is -2.28. The number of benzene rings is 2. The van der Waals surface area contributed by atoms with Gasteiger partial charge in [-0.05, 0) is 48.4 Å². The molecule has 3 heterocycles. The molecule has 0 aliphatic carbocycles. The highest BCUT2D eigenvalue weighted by atomic mass is 32.1. The summed E-state index contributed by atoms with van der Waals surface area (Å²) in [6.07, 6.45) is 1.72. The highest BCUT2D eigenvalue weighted by Crippen LogP contribution is 2.34. The molecule has 1 aliphatic rings. The van der Waals surface area contributed by atoms with Crippen molar-refractivity contribution < 1.29 is 18.3 Å². The SMILES string of the molecule is C1CNCCOC1.Cn1c(=O)oc2ccc(-c3ccc4c(F)c(CC(C#N)NC=O)sc4c3)cc21. The van der Waals surface area contributed by atoms with Gasteiger partial charge in [-0.15, -0.1) is 11.3 Å². The van der Waals surface area contributed by atoms with E-state index in [9.17, 15) is 14.0 Å². The van der Waals surface area contributed by atoms with Crippen LogP contribution in [0.25, 0.3) is 32.3 Å². The summed E-state index contributed by atoms with van der Waals surface area (Å²) in [5.74, 6) is -0.796. The van der Waals surface area contributed by atoms with Crippen LogP contribution in [0, 0.1) is 17.1 Å². The summed E-state index contributed by atoms with van der Waals surface area (Å²) in [7, 11) is 1.64. The number of amides is 1. The minimum absolute atomic E-state index is 0.110. The number of rotatable bonds is 5. The number of halogens is 1. The average Bonchev–Trinajstić information content (AvgIpc) is 3.16. The van der Waals surface area contributed by atoms with Gasteiger partial charge in [0.1, 0.15) is 11.9 Å². The molecule has 0 spiro atoms. The first-order valence-corrected chi connectivity index (χ1v) is 12.0. The molecule has 1 saturated heterocycles. The minimum Gasteiger partial charge on any atom is -0.408 e. The van der Waals surface area contributed by atoms with Gasteiger partial charge in [0.25, 0.3) is 0 Å². The Hall–Kier alpha value is -3.52. The molecule has 1 aliphatic heterocycles. The highest BCUT2D eigenvalue weighted by molar-refractivity contribution is 7.19. The van der Waals surface area contributed by atoms with Crippen LogP contribution >= 0.6 is 11.3 Å². The Kier molecular flexibility index (Phi) is 7.92. The molecule has 1 amide bonds. The van der Waals surface area contributed by atoms with E-state index in [1.54, 1.807) is 19.2 Å². The monoisotopic (exact) mass is 496 g/mol. The van der Waals surface area contributed by atoms with Crippen molar-refractivity contribution in [3.8, 4) is 17.2 Å². The van der Waals surface area contributed by atoms with E-state index < -0.39 is 11.8 Å². The lowest BCUT2D eigenvalue weighted by Gasteiger charge is -2.04. The van der Waals surface area contributed by atoms with Crippen LogP contribution in [0.15, 0.2) is 45.6 Å². The molecule has 1 unspecified atom stereocenters. The number of thiophene rings is 1. The van der Waals surface area contributed by atoms with Crippen molar-refractivity contribution in [2.24, 2.45) is 7.05 Å². The molecule has 1 atom stereocenters. The smallest absolute Gasteiger partial charge is 0.408 e. The van der Waals surface area contributed by atoms with Gasteiger partial charge in [-0.1, -0.05) is 12.1 Å². The second-order valence-corrected chi connectivity index (χ2v) is 9.18. The molecule has 0 bridgehead atoms. The zero-order valence-corrected chi connectivity index (χ0v) is 20.0. The first-order chi connectivity index (χ1) is 17.0. The number of oxazole rings is 1. The van der Waals surface area contributed by atoms with E-state index in [1.807, 2.05) is 30.3 Å². The minimum atomic E-state index is -0.774. The average molecular weight is 497 g/mol. The highest BCUT2D eigenvalue weighted by Gasteiger charge is 2.17. The van der Waals surface area contributed by atoms with E-state index in [4.69, 9.17) is 14.4 Å². The topological polar surface area (TPSA) is 109 Å². The number of nitriles is 1. The van der Waals surface area contributed by atoms with Gasteiger partial charge in [-0.3, -0.25) is 9.36 Å². The van der Waals surface area contributed by atoms with E-state index in [2.05, 4.69) is 10.6 Å². The fraction of sp³-hybridized carbons (Fsp3) is 0.320. The molecule has 1 fully saturated rings. The van der Waals surface area contributed by atoms with Crippen molar-refractivity contribution in [1.82, 2.24) is 15.2 Å². The third-order valence-corrected chi connectivity index (χ3v) is 6.85. The summed E-state index contributed by atoms with van der Waals surface area (Å²) in [5.41, 5.74) is 2.93. The summed E-state index contributed by atoms with van der Waals surface area (Å²) in [6.45, 7) is 3.98. The molecule has 4 aromatic rings. The van der Waals surface area contributed by atoms with E-state index in [0.29, 0.717) is 27.8 Å². The maximum Gasteiger partial charge on any atom is 0.419 e. The fourth-order valence-electron chi connectivity index (χ4n) is 3.81. The van der Waals surface area contributed by atoms with Crippen LogP contribution in [0.4, 0.5) is 4.39 Å². The van der Waals surface area contributed by atoms with E-state index in [0.717, 1.165) is 42.1 Å². The molecule has 0 saturated carbocycles. The quantitative estimate of drug-likeness (QED) is 0.410. The fourth-order valence-corrected chi connectivity index (χ4v) is 4.98. The number of nitrogens with zero attached hydrogens (tertiary/aromatic N) is 2. The molecule has 35 heavy (non-hydrogen) atoms. The van der Waals surface area contributed by atoms with E-state index in [1.165, 1.54) is 22.3 Å². The number of hydrogen-bond donors (Lipinski definition) is 2. The van der Waals surface area contributed by atoms with E-state index in [-0.39, 0.29) is 12.2 Å². The molecular weight excluding hydrogens is 471 g/mol. The number of aryl methyl sites for hydroxylation is 1. The molecule has 5 rings (SSSR count). The van der Waals surface area contributed by atoms with Gasteiger partial charge < -0.3 is 19.8 Å². The van der Waals surface area contributed by atoms with Gasteiger partial charge in [0, 0.05) is 41.6 Å². The second-order valence-electron chi connectivity index (χ2n) is 8.05. The Morgan fingerprint density at radius 2 is 2.06 bits per heavy atom. The first kappa shape index (κ1) is 24.6. The van der Waals surface area contributed by atoms with Crippen LogP contribution in [-0.4, -0.2) is 43.3 Å². The summed E-state index contributed by atoms with van der Waals surface area (Å²) in [4.78, 5) is 22.6. The van der Waals surface area contributed by atoms with Crippen LogP contribution in [0.2, 0.25) is 0 Å².